The minimum Gasteiger partial charge on any atom is -0.444 e. The molecule has 24 rings (SSSR count). The molecule has 0 spiro atoms. The van der Waals surface area contributed by atoms with Gasteiger partial charge in [-0.2, -0.15) is 10.2 Å². The predicted molar refractivity (Wildman–Crippen MR) is 387 cm³/mol. The van der Waals surface area contributed by atoms with Crippen molar-refractivity contribution < 1.29 is 182 Å². The normalized spacial score (nSPS) is 36.5. The van der Waals surface area contributed by atoms with E-state index in [9.17, 15) is 106 Å². The van der Waals surface area contributed by atoms with Crippen LogP contribution in [0.5, 0.6) is 0 Å². The summed E-state index contributed by atoms with van der Waals surface area (Å²) in [7, 11) is 0. The van der Waals surface area contributed by atoms with E-state index in [1.54, 1.807) is 24.3 Å². The van der Waals surface area contributed by atoms with Gasteiger partial charge in [0.05, 0.1) is 70.8 Å². The molecule has 0 radical (unpaired) electrons. The molecule has 2 aromatic carbocycles. The van der Waals surface area contributed by atoms with E-state index >= 15 is 0 Å². The third-order valence-electron chi connectivity index (χ3n) is 20.0. The number of carbonyl (C=O) groups excluding carboxylic acids is 4. The minimum atomic E-state index is -2.26. The Hall–Kier alpha value is -5.56. The first kappa shape index (κ1) is 94.3. The number of aliphatic hydroxyl groups excluding tert-OH is 17. The largest absolute Gasteiger partial charge is 0.444 e. The second kappa shape index (κ2) is 45.9. The molecule has 22 aliphatic rings. The molecule has 2 aromatic rings. The number of azo groups is 1. The third-order valence-corrected chi connectivity index (χ3v) is 20.0. The van der Waals surface area contributed by atoms with Crippen molar-refractivity contribution in [2.45, 2.75) is 262 Å². The van der Waals surface area contributed by atoms with Crippen molar-refractivity contribution in [2.75, 3.05) is 98.9 Å². The fourth-order valence-electron chi connectivity index (χ4n) is 13.7. The number of amides is 4. The van der Waals surface area contributed by atoms with Gasteiger partial charge in [-0.25, -0.2) is 4.79 Å². The number of rotatable bonds is 33. The van der Waals surface area contributed by atoms with Gasteiger partial charge >= 0.3 is 6.09 Å². The number of benzene rings is 2. The summed E-state index contributed by atoms with van der Waals surface area (Å²) >= 11 is 0. The highest BCUT2D eigenvalue weighted by Gasteiger charge is 2.59. The summed E-state index contributed by atoms with van der Waals surface area (Å²) in [5.41, 5.74) is 0.482. The average molecular weight is 1670 g/mol. The van der Waals surface area contributed by atoms with Crippen molar-refractivity contribution in [3.05, 3.63) is 59.7 Å². The third kappa shape index (κ3) is 25.8. The van der Waals surface area contributed by atoms with Gasteiger partial charge in [-0.15, -0.1) is 0 Å². The molecule has 658 valence electrons. The van der Waals surface area contributed by atoms with E-state index in [1.165, 1.54) is 24.3 Å². The summed E-state index contributed by atoms with van der Waals surface area (Å²) in [4.78, 5) is 50.7. The van der Waals surface area contributed by atoms with Gasteiger partial charge in [-0.1, -0.05) is 19.3 Å². The van der Waals surface area contributed by atoms with Crippen LogP contribution in [0.15, 0.2) is 58.8 Å². The van der Waals surface area contributed by atoms with Crippen LogP contribution in [-0.4, -0.2) is 399 Å². The molecule has 0 unspecified atom stereocenters. The topological polar surface area (TPSA) is 633 Å². The molecule has 43 heteroatoms. The Morgan fingerprint density at radius 1 is 0.336 bits per heavy atom. The number of alkyl carbamates (subject to hydrolysis) is 1. The second-order valence-corrected chi connectivity index (χ2v) is 29.8. The minimum absolute atomic E-state index is 0.00928. The maximum Gasteiger partial charge on any atom is 0.407 e. The van der Waals surface area contributed by atoms with Gasteiger partial charge in [-0.3, -0.25) is 14.4 Å². The maximum atomic E-state index is 13.9. The van der Waals surface area contributed by atoms with E-state index in [0.29, 0.717) is 89.8 Å². The van der Waals surface area contributed by atoms with Crippen LogP contribution in [0.4, 0.5) is 16.2 Å². The highest BCUT2D eigenvalue weighted by atomic mass is 16.8. The smallest absolute Gasteiger partial charge is 0.407 e. The van der Waals surface area contributed by atoms with Crippen molar-refractivity contribution in [3.8, 4) is 0 Å². The lowest BCUT2D eigenvalue weighted by Crippen LogP contribution is -2.69. The van der Waals surface area contributed by atoms with Gasteiger partial charge in [0, 0.05) is 56.9 Å². The van der Waals surface area contributed by atoms with Crippen LogP contribution >= 0.6 is 0 Å². The lowest BCUT2D eigenvalue weighted by molar-refractivity contribution is -0.403. The molecule has 22 saturated heterocycles. The van der Waals surface area contributed by atoms with Crippen molar-refractivity contribution in [2.24, 2.45) is 10.2 Å². The van der Waals surface area contributed by atoms with E-state index < -0.39 is 241 Å². The molecule has 0 saturated carbocycles. The lowest BCUT2D eigenvalue weighted by Gasteiger charge is -2.50. The molecule has 0 aliphatic carbocycles. The summed E-state index contributed by atoms with van der Waals surface area (Å²) in [6.07, 6.45) is -55.1. The number of aliphatic hydroxyl groups is 17. The summed E-state index contributed by atoms with van der Waals surface area (Å²) in [6.45, 7) is 3.24. The lowest BCUT2D eigenvalue weighted by atomic mass is 9.94. The SMILES string of the molecule is CC(C)(C)OC(=O)NCCCCCCCC(=O)NCCCOCCOCCOCCCNC(=O)c1ccc(N=Nc2ccc(C(=O)NC[C@H]3O[C@@H]4O[C@H]5[C@H](O)[C@@H](O)[C@@H](O[C@H]6[C@H](O)[C@@H](O)[C@@H](O[C@H]7[C@H](O)[C@@H](O)[C@@H](O[C@H]8[C@H](O)[C@@H](O)[C@@H](O[C@H]9[C@H](O)[C@@H](O)[C@@H](O[C@H]3[C@H](O)[C@H]4O)O[C@@H]9CO)O[C@@H]8CO)O[C@@H]7CO)O[C@@H]6CO)O[C@@H]5CO)cc2)cc1. The Morgan fingerprint density at radius 3 is 0.957 bits per heavy atom. The molecule has 116 heavy (non-hydrogen) atoms. The molecular formula is C73H114N6O37. The van der Waals surface area contributed by atoms with Gasteiger partial charge in [0.25, 0.3) is 11.8 Å². The number of nitrogens with one attached hydrogen (secondary N) is 4. The van der Waals surface area contributed by atoms with Crippen LogP contribution in [0.2, 0.25) is 0 Å². The molecule has 0 aromatic heterocycles. The zero-order valence-electron chi connectivity index (χ0n) is 64.4. The highest BCUT2D eigenvalue weighted by molar-refractivity contribution is 5.95. The van der Waals surface area contributed by atoms with Gasteiger partial charge in [-0.05, 0) is 95.0 Å². The summed E-state index contributed by atoms with van der Waals surface area (Å²) in [5, 5.41) is 211. The summed E-state index contributed by atoms with van der Waals surface area (Å²) < 4.78 is 92.1. The molecule has 30 atom stereocenters. The zero-order valence-corrected chi connectivity index (χ0v) is 64.4. The van der Waals surface area contributed by atoms with E-state index in [1.807, 2.05) is 20.8 Å². The molecule has 12 bridgehead atoms. The van der Waals surface area contributed by atoms with E-state index in [-0.39, 0.29) is 23.1 Å². The molecule has 21 N–H and O–H groups in total. The Morgan fingerprint density at radius 2 is 0.621 bits per heavy atom. The van der Waals surface area contributed by atoms with Crippen LogP contribution < -0.4 is 21.3 Å². The Balaban J connectivity index is 0.755. The number of hydrogen-bond acceptors (Lipinski definition) is 39. The fourth-order valence-corrected chi connectivity index (χ4v) is 13.7. The highest BCUT2D eigenvalue weighted by Crippen LogP contribution is 2.39. The van der Waals surface area contributed by atoms with Gasteiger partial charge < -0.3 is 184 Å². The summed E-state index contributed by atoms with van der Waals surface area (Å²) in [5.74, 6) is -1.13. The average Bonchev–Trinajstić information content (AvgIpc) is 0.774. The molecule has 22 heterocycles. The first-order chi connectivity index (χ1) is 55.6. The van der Waals surface area contributed by atoms with E-state index in [4.69, 9.17) is 75.8 Å². The molecule has 22 aliphatic heterocycles. The van der Waals surface area contributed by atoms with E-state index in [0.717, 1.165) is 32.1 Å². The van der Waals surface area contributed by atoms with Crippen molar-refractivity contribution in [3.63, 3.8) is 0 Å². The Bertz CT molecular complexity index is 3290. The standard InChI is InChI=1S/C73H114N6O37/c1-73(2,3)116-72(100)76-20-8-6-4-5-7-11-45(85)74-21-9-23-101-25-27-103-28-26-102-24-10-22-75-64(98)35-12-16-37(17-13-35)78-79-38-18-14-36(15-19-38)65(99)77-29-39-58-46(86)52(92)66(104-39)111-59-40(30-80)106-68(54(94)48(59)88)113-61-42(32-82)108-70(56(96)50(61)90)115-63-44(34-84)109-71(57(97)51(63)91)114-62-43(33-83)107-69(55(95)49(62)89)112-60-41(31-81)105-67(110-58)53(93)47(60)87/h12-19,39-44,46-63,66-71,80-84,86-97H,4-11,20-34H2,1-3H3,(H,74,85)(H,75,98)(H,76,100)(H,77,99)/t39-,40-,41-,42-,43-,44-,46-,47-,48-,49-,50-,51-,52-,53-,54-,55-,56-,57-,58-,59-,60-,61-,62-,63-,66-,67-,68-,69-,70-,71-/m1/s1. The van der Waals surface area contributed by atoms with Crippen LogP contribution in [-0.2, 0) is 80.6 Å². The fraction of sp³-hybridized carbons (Fsp3) is 0.781. The maximum absolute atomic E-state index is 13.9. The van der Waals surface area contributed by atoms with Crippen LogP contribution in [0.1, 0.15) is 92.9 Å². The molecule has 43 nitrogen and oxygen atoms in total. The monoisotopic (exact) mass is 1670 g/mol. The second-order valence-electron chi connectivity index (χ2n) is 29.8. The Labute approximate surface area is 666 Å². The molecular weight excluding hydrogens is 1550 g/mol. The van der Waals surface area contributed by atoms with Crippen LogP contribution in [0, 0.1) is 0 Å². The van der Waals surface area contributed by atoms with Crippen LogP contribution in [0.3, 0.4) is 0 Å². The summed E-state index contributed by atoms with van der Waals surface area (Å²) in [6, 6.07) is 11.9. The first-order valence-corrected chi connectivity index (χ1v) is 38.8. The van der Waals surface area contributed by atoms with Gasteiger partial charge in [0.15, 0.2) is 37.7 Å². The van der Waals surface area contributed by atoms with Crippen molar-refractivity contribution in [1.29, 1.82) is 0 Å². The van der Waals surface area contributed by atoms with Crippen molar-refractivity contribution in [1.82, 2.24) is 21.3 Å². The first-order valence-electron chi connectivity index (χ1n) is 38.8. The van der Waals surface area contributed by atoms with Crippen LogP contribution in [0.25, 0.3) is 0 Å². The zero-order chi connectivity index (χ0) is 83.9. The number of hydrogen-bond donors (Lipinski definition) is 21. The molecule has 4 amide bonds. The number of nitrogens with zero attached hydrogens (tertiary/aromatic N) is 2. The Kier molecular flexibility index (Phi) is 37.3. The number of carbonyl (C=O) groups is 4. The predicted octanol–water partition coefficient (Wildman–Crippen LogP) is -6.66. The van der Waals surface area contributed by atoms with Gasteiger partial charge in [0.1, 0.15) is 152 Å². The molecule has 22 fully saturated rings. The number of unbranched alkanes of at least 4 members (excludes halogenated alkanes) is 4. The number of ether oxygens (including phenoxy) is 16. The quantitative estimate of drug-likeness (QED) is 0.0233. The van der Waals surface area contributed by atoms with E-state index in [2.05, 4.69) is 31.5 Å². The van der Waals surface area contributed by atoms with Gasteiger partial charge in [0.2, 0.25) is 5.91 Å². The van der Waals surface area contributed by atoms with Crippen molar-refractivity contribution >= 4 is 35.2 Å².